The zero-order chi connectivity index (χ0) is 14.8. The van der Waals surface area contributed by atoms with Crippen LogP contribution in [0.25, 0.3) is 0 Å². The van der Waals surface area contributed by atoms with E-state index in [2.05, 4.69) is 48.3 Å². The molecule has 0 heterocycles. The Kier molecular flexibility index (Phi) is 8.51. The molecule has 1 N–H and O–H groups in total. The van der Waals surface area contributed by atoms with Gasteiger partial charge in [-0.25, -0.2) is 0 Å². The fraction of sp³-hybridized carbons (Fsp3) is 0.647. The fourth-order valence-electron chi connectivity index (χ4n) is 2.68. The summed E-state index contributed by atoms with van der Waals surface area (Å²) in [5.41, 5.74) is 2.74. The number of benzene rings is 1. The number of nitrogens with zero attached hydrogens (tertiary/aromatic N) is 1. The van der Waals surface area contributed by atoms with Crippen LogP contribution < -0.4 is 5.32 Å². The standard InChI is InChI=1S/C17H30N2O/c1-5-17(6-2)19(10-11-20-4)14-16-9-7-8-15(12-16)13-18-3/h7-9,12,17-18H,5-6,10-11,13-14H2,1-4H3. The van der Waals surface area contributed by atoms with Gasteiger partial charge in [0.05, 0.1) is 6.61 Å². The SMILES string of the molecule is CCC(CC)N(CCOC)Cc1cccc(CNC)c1. The first-order chi connectivity index (χ1) is 9.74. The van der Waals surface area contributed by atoms with E-state index in [1.165, 1.54) is 24.0 Å². The van der Waals surface area contributed by atoms with Crippen molar-refractivity contribution in [1.82, 2.24) is 10.2 Å². The van der Waals surface area contributed by atoms with E-state index in [9.17, 15) is 0 Å². The number of rotatable bonds is 10. The summed E-state index contributed by atoms with van der Waals surface area (Å²) in [6.07, 6.45) is 2.38. The lowest BCUT2D eigenvalue weighted by atomic mass is 10.1. The first kappa shape index (κ1) is 17.2. The van der Waals surface area contributed by atoms with Crippen LogP contribution in [0.5, 0.6) is 0 Å². The number of ether oxygens (including phenoxy) is 1. The molecule has 0 aliphatic carbocycles. The fourth-order valence-corrected chi connectivity index (χ4v) is 2.68. The average Bonchev–Trinajstić information content (AvgIpc) is 2.46. The molecule has 0 aliphatic heterocycles. The Morgan fingerprint density at radius 1 is 1.20 bits per heavy atom. The monoisotopic (exact) mass is 278 g/mol. The van der Waals surface area contributed by atoms with Crippen LogP contribution >= 0.6 is 0 Å². The zero-order valence-corrected chi connectivity index (χ0v) is 13.5. The van der Waals surface area contributed by atoms with Crippen molar-refractivity contribution in [1.29, 1.82) is 0 Å². The van der Waals surface area contributed by atoms with Crippen LogP contribution in [-0.4, -0.2) is 38.3 Å². The number of methoxy groups -OCH3 is 1. The van der Waals surface area contributed by atoms with E-state index >= 15 is 0 Å². The van der Waals surface area contributed by atoms with Crippen molar-refractivity contribution in [3.63, 3.8) is 0 Å². The Morgan fingerprint density at radius 2 is 1.90 bits per heavy atom. The minimum absolute atomic E-state index is 0.637. The highest BCUT2D eigenvalue weighted by Gasteiger charge is 2.15. The largest absolute Gasteiger partial charge is 0.383 e. The van der Waals surface area contributed by atoms with Gasteiger partial charge in [-0.1, -0.05) is 38.1 Å². The summed E-state index contributed by atoms with van der Waals surface area (Å²) in [7, 11) is 3.76. The van der Waals surface area contributed by atoms with E-state index < -0.39 is 0 Å². The highest BCUT2D eigenvalue weighted by atomic mass is 16.5. The minimum atomic E-state index is 0.637. The molecule has 0 saturated carbocycles. The van der Waals surface area contributed by atoms with E-state index in [0.29, 0.717) is 6.04 Å². The Morgan fingerprint density at radius 3 is 2.50 bits per heavy atom. The first-order valence-corrected chi connectivity index (χ1v) is 7.70. The molecule has 1 aromatic rings. The summed E-state index contributed by atoms with van der Waals surface area (Å²) in [6, 6.07) is 9.50. The van der Waals surface area contributed by atoms with E-state index in [1.807, 2.05) is 7.05 Å². The van der Waals surface area contributed by atoms with Crippen molar-refractivity contribution in [3.05, 3.63) is 35.4 Å². The van der Waals surface area contributed by atoms with Crippen LogP contribution in [0.3, 0.4) is 0 Å². The lowest BCUT2D eigenvalue weighted by Crippen LogP contribution is -2.36. The minimum Gasteiger partial charge on any atom is -0.383 e. The lowest BCUT2D eigenvalue weighted by Gasteiger charge is -2.30. The van der Waals surface area contributed by atoms with Gasteiger partial charge in [0.15, 0.2) is 0 Å². The van der Waals surface area contributed by atoms with Crippen LogP contribution in [0.2, 0.25) is 0 Å². The predicted octanol–water partition coefficient (Wildman–Crippen LogP) is 3.04. The van der Waals surface area contributed by atoms with Crippen molar-refractivity contribution >= 4 is 0 Å². The van der Waals surface area contributed by atoms with Crippen molar-refractivity contribution in [2.45, 2.75) is 45.8 Å². The third-order valence-electron chi connectivity index (χ3n) is 3.80. The Hall–Kier alpha value is -0.900. The Balaban J connectivity index is 2.74. The van der Waals surface area contributed by atoms with Crippen LogP contribution in [0, 0.1) is 0 Å². The summed E-state index contributed by atoms with van der Waals surface area (Å²) >= 11 is 0. The van der Waals surface area contributed by atoms with Gasteiger partial charge in [-0.2, -0.15) is 0 Å². The number of nitrogens with one attached hydrogen (secondary N) is 1. The molecular weight excluding hydrogens is 248 g/mol. The third kappa shape index (κ3) is 5.61. The summed E-state index contributed by atoms with van der Waals surface area (Å²) in [5, 5.41) is 3.21. The molecule has 1 aromatic carbocycles. The quantitative estimate of drug-likeness (QED) is 0.712. The van der Waals surface area contributed by atoms with E-state index in [4.69, 9.17) is 4.74 Å². The van der Waals surface area contributed by atoms with Gasteiger partial charge >= 0.3 is 0 Å². The Labute approximate surface area is 124 Å². The van der Waals surface area contributed by atoms with Crippen molar-refractivity contribution in [2.24, 2.45) is 0 Å². The molecule has 0 unspecified atom stereocenters. The second kappa shape index (κ2) is 9.92. The average molecular weight is 278 g/mol. The maximum atomic E-state index is 5.26. The number of hydrogen-bond donors (Lipinski definition) is 1. The molecular formula is C17H30N2O. The predicted molar refractivity (Wildman–Crippen MR) is 85.9 cm³/mol. The highest BCUT2D eigenvalue weighted by molar-refractivity contribution is 5.23. The second-order valence-corrected chi connectivity index (χ2v) is 5.28. The molecule has 0 fully saturated rings. The van der Waals surface area contributed by atoms with Gasteiger partial charge in [0.1, 0.15) is 0 Å². The molecule has 0 spiro atoms. The topological polar surface area (TPSA) is 24.5 Å². The molecule has 114 valence electrons. The summed E-state index contributed by atoms with van der Waals surface area (Å²) in [5.74, 6) is 0. The number of hydrogen-bond acceptors (Lipinski definition) is 3. The van der Waals surface area contributed by atoms with E-state index in [0.717, 1.165) is 26.2 Å². The van der Waals surface area contributed by atoms with Crippen LogP contribution in [0.1, 0.15) is 37.8 Å². The van der Waals surface area contributed by atoms with Crippen molar-refractivity contribution in [2.75, 3.05) is 27.3 Å². The zero-order valence-electron chi connectivity index (χ0n) is 13.5. The molecule has 0 aromatic heterocycles. The van der Waals surface area contributed by atoms with Gasteiger partial charge in [0, 0.05) is 32.8 Å². The van der Waals surface area contributed by atoms with Gasteiger partial charge in [0.2, 0.25) is 0 Å². The van der Waals surface area contributed by atoms with Gasteiger partial charge in [-0.3, -0.25) is 4.90 Å². The van der Waals surface area contributed by atoms with Gasteiger partial charge in [-0.15, -0.1) is 0 Å². The smallest absolute Gasteiger partial charge is 0.0589 e. The second-order valence-electron chi connectivity index (χ2n) is 5.28. The maximum absolute atomic E-state index is 5.26. The first-order valence-electron chi connectivity index (χ1n) is 7.70. The molecule has 0 radical (unpaired) electrons. The van der Waals surface area contributed by atoms with Gasteiger partial charge in [0.25, 0.3) is 0 Å². The molecule has 0 bridgehead atoms. The molecule has 0 atom stereocenters. The molecule has 0 aliphatic rings. The van der Waals surface area contributed by atoms with Crippen molar-refractivity contribution < 1.29 is 4.74 Å². The molecule has 3 nitrogen and oxygen atoms in total. The molecule has 0 amide bonds. The summed E-state index contributed by atoms with van der Waals surface area (Å²) < 4.78 is 5.26. The summed E-state index contributed by atoms with van der Waals surface area (Å²) in [4.78, 5) is 2.54. The molecule has 1 rings (SSSR count). The maximum Gasteiger partial charge on any atom is 0.0589 e. The highest BCUT2D eigenvalue weighted by Crippen LogP contribution is 2.14. The normalized spacial score (nSPS) is 11.5. The van der Waals surface area contributed by atoms with Gasteiger partial charge in [-0.05, 0) is 31.0 Å². The van der Waals surface area contributed by atoms with E-state index in [-0.39, 0.29) is 0 Å². The summed E-state index contributed by atoms with van der Waals surface area (Å²) in [6.45, 7) is 8.27. The van der Waals surface area contributed by atoms with Crippen LogP contribution in [0.4, 0.5) is 0 Å². The van der Waals surface area contributed by atoms with Gasteiger partial charge < -0.3 is 10.1 Å². The van der Waals surface area contributed by atoms with Crippen LogP contribution in [-0.2, 0) is 17.8 Å². The van der Waals surface area contributed by atoms with Crippen molar-refractivity contribution in [3.8, 4) is 0 Å². The van der Waals surface area contributed by atoms with E-state index in [1.54, 1.807) is 7.11 Å². The lowest BCUT2D eigenvalue weighted by molar-refractivity contribution is 0.110. The molecule has 20 heavy (non-hydrogen) atoms. The Bertz CT molecular complexity index is 364. The van der Waals surface area contributed by atoms with Crippen LogP contribution in [0.15, 0.2) is 24.3 Å². The molecule has 3 heteroatoms. The molecule has 0 saturated heterocycles. The third-order valence-corrected chi connectivity index (χ3v) is 3.80.